The van der Waals surface area contributed by atoms with Gasteiger partial charge in [0, 0.05) is 17.5 Å². The van der Waals surface area contributed by atoms with E-state index < -0.39 is 11.6 Å². The van der Waals surface area contributed by atoms with Gasteiger partial charge in [0.1, 0.15) is 5.82 Å². The summed E-state index contributed by atoms with van der Waals surface area (Å²) in [6, 6.07) is 1.02. The molecule has 1 heterocycles. The predicted octanol–water partition coefficient (Wildman–Crippen LogP) is 3.32. The molecule has 0 aliphatic heterocycles. The van der Waals surface area contributed by atoms with Crippen molar-refractivity contribution in [1.82, 2.24) is 4.98 Å². The molecule has 16 heavy (non-hydrogen) atoms. The van der Waals surface area contributed by atoms with E-state index in [1.54, 1.807) is 0 Å². The smallest absolute Gasteiger partial charge is 0.168 e. The summed E-state index contributed by atoms with van der Waals surface area (Å²) in [6.07, 6.45) is 4.64. The Morgan fingerprint density at radius 2 is 1.94 bits per heavy atom. The van der Waals surface area contributed by atoms with Gasteiger partial charge in [0.15, 0.2) is 11.6 Å². The normalized spacial score (nSPS) is 25.4. The fourth-order valence-corrected chi connectivity index (χ4v) is 2.16. The third kappa shape index (κ3) is 2.82. The van der Waals surface area contributed by atoms with Gasteiger partial charge in [0.05, 0.1) is 6.20 Å². The molecule has 1 fully saturated rings. The number of alkyl halides is 1. The molecule has 2 rings (SSSR count). The zero-order valence-electron chi connectivity index (χ0n) is 8.72. The average Bonchev–Trinajstić information content (AvgIpc) is 2.25. The van der Waals surface area contributed by atoms with Crippen molar-refractivity contribution in [2.24, 2.45) is 0 Å². The first kappa shape index (κ1) is 11.6. The summed E-state index contributed by atoms with van der Waals surface area (Å²) in [5, 5.41) is 3.21. The second-order valence-corrected chi connectivity index (χ2v) is 4.69. The highest BCUT2D eigenvalue weighted by molar-refractivity contribution is 6.20. The van der Waals surface area contributed by atoms with Crippen molar-refractivity contribution in [1.29, 1.82) is 0 Å². The summed E-state index contributed by atoms with van der Waals surface area (Å²) < 4.78 is 25.9. The number of hydrogen-bond acceptors (Lipinski definition) is 2. The van der Waals surface area contributed by atoms with Gasteiger partial charge in [-0.05, 0) is 25.7 Å². The highest BCUT2D eigenvalue weighted by atomic mass is 35.5. The lowest BCUT2D eigenvalue weighted by atomic mass is 9.95. The summed E-state index contributed by atoms with van der Waals surface area (Å²) in [4.78, 5) is 3.70. The number of aromatic nitrogens is 1. The number of nitrogens with zero attached hydrogens (tertiary/aromatic N) is 1. The molecule has 5 heteroatoms. The first-order valence-electron chi connectivity index (χ1n) is 5.37. The Morgan fingerprint density at radius 3 is 2.56 bits per heavy atom. The number of hydrogen-bond donors (Lipinski definition) is 1. The van der Waals surface area contributed by atoms with Crippen molar-refractivity contribution < 1.29 is 8.78 Å². The van der Waals surface area contributed by atoms with Gasteiger partial charge >= 0.3 is 0 Å². The molecule has 1 aromatic rings. The lowest BCUT2D eigenvalue weighted by Gasteiger charge is -2.26. The van der Waals surface area contributed by atoms with Crippen molar-refractivity contribution in [3.63, 3.8) is 0 Å². The molecule has 88 valence electrons. The Balaban J connectivity index is 1.98. The third-order valence-corrected chi connectivity index (χ3v) is 3.24. The second-order valence-electron chi connectivity index (χ2n) is 4.08. The number of nitrogens with one attached hydrogen (secondary N) is 1. The maximum Gasteiger partial charge on any atom is 0.168 e. The molecule has 0 aromatic carbocycles. The van der Waals surface area contributed by atoms with E-state index in [4.69, 9.17) is 11.6 Å². The van der Waals surface area contributed by atoms with Crippen LogP contribution in [-0.4, -0.2) is 16.4 Å². The molecule has 1 aliphatic carbocycles. The predicted molar refractivity (Wildman–Crippen MR) is 59.7 cm³/mol. The van der Waals surface area contributed by atoms with Gasteiger partial charge in [-0.2, -0.15) is 0 Å². The van der Waals surface area contributed by atoms with E-state index in [0.29, 0.717) is 0 Å². The highest BCUT2D eigenvalue weighted by Crippen LogP contribution is 2.25. The van der Waals surface area contributed by atoms with Gasteiger partial charge in [0.25, 0.3) is 0 Å². The number of rotatable bonds is 2. The Morgan fingerprint density at radius 1 is 1.25 bits per heavy atom. The highest BCUT2D eigenvalue weighted by Gasteiger charge is 2.20. The van der Waals surface area contributed by atoms with Crippen LogP contribution in [0.4, 0.5) is 14.6 Å². The summed E-state index contributed by atoms with van der Waals surface area (Å²) in [5.74, 6) is -1.18. The van der Waals surface area contributed by atoms with Gasteiger partial charge in [-0.25, -0.2) is 13.8 Å². The third-order valence-electron chi connectivity index (χ3n) is 2.81. The quantitative estimate of drug-likeness (QED) is 0.810. The van der Waals surface area contributed by atoms with Crippen LogP contribution in [0.15, 0.2) is 12.3 Å². The van der Waals surface area contributed by atoms with Crippen molar-refractivity contribution in [3.8, 4) is 0 Å². The Kier molecular flexibility index (Phi) is 3.59. The molecule has 0 atom stereocenters. The van der Waals surface area contributed by atoms with Crippen LogP contribution in [0, 0.1) is 11.6 Å². The minimum absolute atomic E-state index is 0.124. The van der Waals surface area contributed by atoms with E-state index in [9.17, 15) is 8.78 Å². The topological polar surface area (TPSA) is 24.9 Å². The molecule has 0 bridgehead atoms. The van der Waals surface area contributed by atoms with Crippen molar-refractivity contribution in [2.75, 3.05) is 5.32 Å². The van der Waals surface area contributed by atoms with Gasteiger partial charge < -0.3 is 5.32 Å². The Hall–Kier alpha value is -0.900. The van der Waals surface area contributed by atoms with Crippen LogP contribution in [0.1, 0.15) is 25.7 Å². The van der Waals surface area contributed by atoms with Gasteiger partial charge in [-0.3, -0.25) is 0 Å². The van der Waals surface area contributed by atoms with Crippen molar-refractivity contribution in [2.45, 2.75) is 37.1 Å². The zero-order chi connectivity index (χ0) is 11.5. The van der Waals surface area contributed by atoms with Crippen molar-refractivity contribution >= 4 is 17.4 Å². The van der Waals surface area contributed by atoms with E-state index >= 15 is 0 Å². The molecule has 0 amide bonds. The molecule has 0 saturated heterocycles. The lowest BCUT2D eigenvalue weighted by Crippen LogP contribution is -2.27. The fourth-order valence-electron chi connectivity index (χ4n) is 1.91. The standard InChI is InChI=1S/C11H13ClF2N2/c12-7-1-3-9(4-2-7)16-11-10(14)5-8(13)6-15-11/h5-7,9H,1-4H2,(H,15,16). The Labute approximate surface area is 98.0 Å². The summed E-state index contributed by atoms with van der Waals surface area (Å²) in [6.45, 7) is 0. The largest absolute Gasteiger partial charge is 0.365 e. The molecular weight excluding hydrogens is 234 g/mol. The van der Waals surface area contributed by atoms with E-state index in [1.807, 2.05) is 0 Å². The van der Waals surface area contributed by atoms with E-state index in [0.717, 1.165) is 37.9 Å². The number of halogens is 3. The van der Waals surface area contributed by atoms with Crippen LogP contribution < -0.4 is 5.32 Å². The average molecular weight is 247 g/mol. The fraction of sp³-hybridized carbons (Fsp3) is 0.545. The summed E-state index contributed by atoms with van der Waals surface area (Å²) >= 11 is 5.97. The minimum atomic E-state index is -0.660. The first-order chi connectivity index (χ1) is 7.65. The summed E-state index contributed by atoms with van der Waals surface area (Å²) in [7, 11) is 0. The molecular formula is C11H13ClF2N2. The van der Waals surface area contributed by atoms with Crippen LogP contribution in [0.25, 0.3) is 0 Å². The summed E-state index contributed by atoms with van der Waals surface area (Å²) in [5.41, 5.74) is 0. The Bertz CT molecular complexity index is 365. The minimum Gasteiger partial charge on any atom is -0.365 e. The monoisotopic (exact) mass is 246 g/mol. The SMILES string of the molecule is Fc1cnc(NC2CCC(Cl)CC2)c(F)c1. The molecule has 1 aromatic heterocycles. The molecule has 0 radical (unpaired) electrons. The van der Waals surface area contributed by atoms with Crippen LogP contribution in [0.3, 0.4) is 0 Å². The molecule has 2 nitrogen and oxygen atoms in total. The van der Waals surface area contributed by atoms with Gasteiger partial charge in [0.2, 0.25) is 0 Å². The zero-order valence-corrected chi connectivity index (χ0v) is 9.47. The van der Waals surface area contributed by atoms with Crippen LogP contribution in [0.5, 0.6) is 0 Å². The van der Waals surface area contributed by atoms with Gasteiger partial charge in [-0.15, -0.1) is 11.6 Å². The van der Waals surface area contributed by atoms with E-state index in [2.05, 4.69) is 10.3 Å². The van der Waals surface area contributed by atoms with Crippen LogP contribution in [0.2, 0.25) is 0 Å². The molecule has 1 N–H and O–H groups in total. The number of anilines is 1. The van der Waals surface area contributed by atoms with Crippen molar-refractivity contribution in [3.05, 3.63) is 23.9 Å². The van der Waals surface area contributed by atoms with Crippen LogP contribution >= 0.6 is 11.6 Å². The lowest BCUT2D eigenvalue weighted by molar-refractivity contribution is 0.464. The number of pyridine rings is 1. The molecule has 0 spiro atoms. The molecule has 1 aliphatic rings. The first-order valence-corrected chi connectivity index (χ1v) is 5.80. The van der Waals surface area contributed by atoms with Gasteiger partial charge in [-0.1, -0.05) is 0 Å². The van der Waals surface area contributed by atoms with E-state index in [-0.39, 0.29) is 17.2 Å². The van der Waals surface area contributed by atoms with E-state index in [1.165, 1.54) is 0 Å². The molecule has 1 saturated carbocycles. The maximum absolute atomic E-state index is 13.3. The maximum atomic E-state index is 13.3. The molecule has 0 unspecified atom stereocenters. The van der Waals surface area contributed by atoms with Crippen LogP contribution in [-0.2, 0) is 0 Å². The second kappa shape index (κ2) is 4.95.